The average Bonchev–Trinajstić information content (AvgIpc) is 2.76. The second-order valence-electron chi connectivity index (χ2n) is 6.79. The molecule has 150 valence electrons. The fourth-order valence-electron chi connectivity index (χ4n) is 2.90. The number of ether oxygens (including phenoxy) is 2. The molecule has 5 heteroatoms. The van der Waals surface area contributed by atoms with Crippen molar-refractivity contribution in [3.05, 3.63) is 95.6 Å². The van der Waals surface area contributed by atoms with Crippen molar-refractivity contribution in [2.45, 2.75) is 32.1 Å². The van der Waals surface area contributed by atoms with Crippen LogP contribution in [0.25, 0.3) is 0 Å². The maximum Gasteiger partial charge on any atom is 0.303 e. The normalized spacial score (nSPS) is 11.6. The summed E-state index contributed by atoms with van der Waals surface area (Å²) in [5, 5.41) is 8.90. The summed E-state index contributed by atoms with van der Waals surface area (Å²) < 4.78 is 12.0. The molecule has 0 aliphatic heterocycles. The van der Waals surface area contributed by atoms with Gasteiger partial charge in [0.2, 0.25) is 0 Å². The summed E-state index contributed by atoms with van der Waals surface area (Å²) in [6.07, 6.45) is 0.380. The summed E-state index contributed by atoms with van der Waals surface area (Å²) in [6, 6.07) is 24.9. The lowest BCUT2D eigenvalue weighted by atomic mass is 10.0. The quantitative estimate of drug-likeness (QED) is 0.523. The standard InChI is InChI=1S/C24H25NO4/c25-21(12-14-24(26)27)20-11-13-22(28-16-18-7-3-1-4-8-18)23(15-20)29-17-19-9-5-2-6-10-19/h1-11,13,15,21H,12,14,16-17,25H2,(H,26,27). The Morgan fingerprint density at radius 1 is 0.828 bits per heavy atom. The highest BCUT2D eigenvalue weighted by atomic mass is 16.5. The molecule has 0 bridgehead atoms. The Morgan fingerprint density at radius 3 is 1.93 bits per heavy atom. The van der Waals surface area contributed by atoms with Crippen molar-refractivity contribution in [3.8, 4) is 11.5 Å². The summed E-state index contributed by atoms with van der Waals surface area (Å²) in [7, 11) is 0. The van der Waals surface area contributed by atoms with E-state index in [1.165, 1.54) is 0 Å². The molecular formula is C24H25NO4. The molecule has 3 aromatic carbocycles. The summed E-state index contributed by atoms with van der Waals surface area (Å²) in [5.41, 5.74) is 9.10. The Morgan fingerprint density at radius 2 is 1.38 bits per heavy atom. The van der Waals surface area contributed by atoms with E-state index < -0.39 is 5.97 Å². The van der Waals surface area contributed by atoms with Gasteiger partial charge in [0.1, 0.15) is 13.2 Å². The molecule has 0 amide bonds. The molecule has 3 aromatic rings. The van der Waals surface area contributed by atoms with E-state index in [2.05, 4.69) is 0 Å². The largest absolute Gasteiger partial charge is 0.485 e. The minimum Gasteiger partial charge on any atom is -0.485 e. The Balaban J connectivity index is 1.76. The number of aliphatic carboxylic acids is 1. The molecule has 0 saturated heterocycles. The van der Waals surface area contributed by atoms with Crippen LogP contribution in [0.1, 0.15) is 35.6 Å². The van der Waals surface area contributed by atoms with Crippen LogP contribution in [0.2, 0.25) is 0 Å². The Bertz CT molecular complexity index is 913. The fourth-order valence-corrected chi connectivity index (χ4v) is 2.90. The molecule has 0 aliphatic carbocycles. The zero-order chi connectivity index (χ0) is 20.5. The highest BCUT2D eigenvalue weighted by Gasteiger charge is 2.13. The molecule has 0 aromatic heterocycles. The molecule has 0 fully saturated rings. The van der Waals surface area contributed by atoms with E-state index in [4.69, 9.17) is 20.3 Å². The van der Waals surface area contributed by atoms with Crippen LogP contribution >= 0.6 is 0 Å². The predicted molar refractivity (Wildman–Crippen MR) is 112 cm³/mol. The second kappa shape index (κ2) is 10.3. The maximum absolute atomic E-state index is 10.8. The van der Waals surface area contributed by atoms with E-state index in [9.17, 15) is 4.79 Å². The molecule has 0 heterocycles. The van der Waals surface area contributed by atoms with E-state index >= 15 is 0 Å². The highest BCUT2D eigenvalue weighted by molar-refractivity contribution is 5.66. The maximum atomic E-state index is 10.8. The van der Waals surface area contributed by atoms with Crippen LogP contribution in [0.5, 0.6) is 11.5 Å². The molecule has 0 spiro atoms. The number of hydrogen-bond acceptors (Lipinski definition) is 4. The number of carboxylic acid groups (broad SMARTS) is 1. The monoisotopic (exact) mass is 391 g/mol. The van der Waals surface area contributed by atoms with Crippen LogP contribution in [-0.2, 0) is 18.0 Å². The van der Waals surface area contributed by atoms with Crippen molar-refractivity contribution in [3.63, 3.8) is 0 Å². The zero-order valence-corrected chi connectivity index (χ0v) is 16.2. The van der Waals surface area contributed by atoms with Crippen LogP contribution < -0.4 is 15.2 Å². The van der Waals surface area contributed by atoms with Gasteiger partial charge in [-0.3, -0.25) is 4.79 Å². The van der Waals surface area contributed by atoms with Gasteiger partial charge >= 0.3 is 5.97 Å². The molecule has 0 saturated carbocycles. The first-order chi connectivity index (χ1) is 14.1. The topological polar surface area (TPSA) is 81.8 Å². The van der Waals surface area contributed by atoms with Gasteiger partial charge in [-0.25, -0.2) is 0 Å². The van der Waals surface area contributed by atoms with Crippen LogP contribution in [0.4, 0.5) is 0 Å². The number of benzene rings is 3. The van der Waals surface area contributed by atoms with Gasteiger partial charge in [-0.2, -0.15) is 0 Å². The number of hydrogen-bond donors (Lipinski definition) is 2. The van der Waals surface area contributed by atoms with Gasteiger partial charge in [-0.15, -0.1) is 0 Å². The van der Waals surface area contributed by atoms with Crippen molar-refractivity contribution in [1.82, 2.24) is 0 Å². The van der Waals surface area contributed by atoms with Gasteiger partial charge in [0.25, 0.3) is 0 Å². The van der Waals surface area contributed by atoms with Crippen molar-refractivity contribution in [2.24, 2.45) is 5.73 Å². The van der Waals surface area contributed by atoms with E-state index in [0.717, 1.165) is 16.7 Å². The van der Waals surface area contributed by atoms with Crippen LogP contribution in [0, 0.1) is 0 Å². The summed E-state index contributed by atoms with van der Waals surface area (Å²) in [6.45, 7) is 0.823. The first-order valence-corrected chi connectivity index (χ1v) is 9.56. The third-order valence-corrected chi connectivity index (χ3v) is 4.54. The number of nitrogens with two attached hydrogens (primary N) is 1. The molecule has 0 radical (unpaired) electrons. The van der Waals surface area contributed by atoms with Gasteiger partial charge in [0, 0.05) is 12.5 Å². The minimum atomic E-state index is -0.858. The van der Waals surface area contributed by atoms with E-state index in [-0.39, 0.29) is 12.5 Å². The van der Waals surface area contributed by atoms with Gasteiger partial charge < -0.3 is 20.3 Å². The summed E-state index contributed by atoms with van der Waals surface area (Å²) >= 11 is 0. The molecule has 1 unspecified atom stereocenters. The van der Waals surface area contributed by atoms with Gasteiger partial charge in [0.15, 0.2) is 11.5 Å². The first kappa shape index (κ1) is 20.4. The van der Waals surface area contributed by atoms with E-state index in [1.54, 1.807) is 0 Å². The van der Waals surface area contributed by atoms with Crippen LogP contribution in [0.3, 0.4) is 0 Å². The molecule has 5 nitrogen and oxygen atoms in total. The molecule has 1 atom stereocenters. The third kappa shape index (κ3) is 6.36. The highest BCUT2D eigenvalue weighted by Crippen LogP contribution is 2.32. The first-order valence-electron chi connectivity index (χ1n) is 9.56. The fraction of sp³-hybridized carbons (Fsp3) is 0.208. The predicted octanol–water partition coefficient (Wildman–Crippen LogP) is 4.71. The van der Waals surface area contributed by atoms with Gasteiger partial charge in [0.05, 0.1) is 0 Å². The summed E-state index contributed by atoms with van der Waals surface area (Å²) in [4.78, 5) is 10.8. The smallest absolute Gasteiger partial charge is 0.303 e. The van der Waals surface area contributed by atoms with Gasteiger partial charge in [-0.1, -0.05) is 66.7 Å². The number of carbonyl (C=O) groups is 1. The Labute approximate surface area is 170 Å². The van der Waals surface area contributed by atoms with Crippen LogP contribution in [0.15, 0.2) is 78.9 Å². The molecule has 3 N–H and O–H groups in total. The zero-order valence-electron chi connectivity index (χ0n) is 16.2. The van der Waals surface area contributed by atoms with Crippen molar-refractivity contribution in [1.29, 1.82) is 0 Å². The SMILES string of the molecule is NC(CCC(=O)O)c1ccc(OCc2ccccc2)c(OCc2ccccc2)c1. The molecule has 29 heavy (non-hydrogen) atoms. The van der Waals surface area contributed by atoms with Crippen LogP contribution in [-0.4, -0.2) is 11.1 Å². The lowest BCUT2D eigenvalue weighted by Crippen LogP contribution is -2.12. The average molecular weight is 391 g/mol. The minimum absolute atomic E-state index is 0.0215. The molecular weight excluding hydrogens is 366 g/mol. The van der Waals surface area contributed by atoms with E-state index in [0.29, 0.717) is 31.1 Å². The van der Waals surface area contributed by atoms with E-state index in [1.807, 2.05) is 78.9 Å². The van der Waals surface area contributed by atoms with Crippen molar-refractivity contribution >= 4 is 5.97 Å². The molecule has 0 aliphatic rings. The third-order valence-electron chi connectivity index (χ3n) is 4.54. The van der Waals surface area contributed by atoms with Gasteiger partial charge in [-0.05, 0) is 35.2 Å². The lowest BCUT2D eigenvalue weighted by molar-refractivity contribution is -0.137. The number of rotatable bonds is 10. The van der Waals surface area contributed by atoms with Crippen molar-refractivity contribution in [2.75, 3.05) is 0 Å². The Kier molecular flexibility index (Phi) is 7.25. The summed E-state index contributed by atoms with van der Waals surface area (Å²) in [5.74, 6) is 0.357. The lowest BCUT2D eigenvalue weighted by Gasteiger charge is -2.17. The Hall–Kier alpha value is -3.31. The second-order valence-corrected chi connectivity index (χ2v) is 6.79. The number of carboxylic acids is 1. The van der Waals surface area contributed by atoms with Crippen molar-refractivity contribution < 1.29 is 19.4 Å². The molecule has 3 rings (SSSR count).